The van der Waals surface area contributed by atoms with E-state index in [1.165, 1.54) is 5.56 Å². The Labute approximate surface area is 117 Å². The van der Waals surface area contributed by atoms with Crippen LogP contribution in [0.25, 0.3) is 0 Å². The van der Waals surface area contributed by atoms with Crippen LogP contribution in [0.15, 0.2) is 24.3 Å². The van der Waals surface area contributed by atoms with E-state index in [0.29, 0.717) is 4.88 Å². The summed E-state index contributed by atoms with van der Waals surface area (Å²) in [6, 6.07) is 8.03. The van der Waals surface area contributed by atoms with Crippen LogP contribution in [-0.2, 0) is 6.42 Å². The van der Waals surface area contributed by atoms with Gasteiger partial charge in [-0.25, -0.2) is 0 Å². The first kappa shape index (κ1) is 13.7. The van der Waals surface area contributed by atoms with Gasteiger partial charge in [0.15, 0.2) is 0 Å². The van der Waals surface area contributed by atoms with Gasteiger partial charge in [0.2, 0.25) is 0 Å². The number of hydrogen-bond acceptors (Lipinski definition) is 4. The highest BCUT2D eigenvalue weighted by molar-refractivity contribution is 7.08. The third-order valence-electron chi connectivity index (χ3n) is 3.10. The minimum Gasteiger partial charge on any atom is -0.345 e. The summed E-state index contributed by atoms with van der Waals surface area (Å²) in [7, 11) is 0. The van der Waals surface area contributed by atoms with E-state index in [4.69, 9.17) is 0 Å². The summed E-state index contributed by atoms with van der Waals surface area (Å²) in [4.78, 5) is 12.8. The maximum Gasteiger partial charge on any atom is 0.265 e. The Morgan fingerprint density at radius 3 is 2.84 bits per heavy atom. The van der Waals surface area contributed by atoms with Crippen LogP contribution >= 0.6 is 11.5 Å². The van der Waals surface area contributed by atoms with E-state index in [0.717, 1.165) is 29.2 Å². The van der Waals surface area contributed by atoms with Crippen LogP contribution in [0.3, 0.4) is 0 Å². The number of hydrogen-bond donors (Lipinski definition) is 1. The van der Waals surface area contributed by atoms with Crippen molar-refractivity contribution in [1.82, 2.24) is 14.9 Å². The molecule has 0 aliphatic carbocycles. The second kappa shape index (κ2) is 5.93. The van der Waals surface area contributed by atoms with Crippen LogP contribution in [0, 0.1) is 6.92 Å². The molecule has 1 amide bonds. The number of aryl methyl sites for hydroxylation is 2. The Hall–Kier alpha value is -1.75. The van der Waals surface area contributed by atoms with Crippen molar-refractivity contribution in [1.29, 1.82) is 0 Å². The Morgan fingerprint density at radius 1 is 1.42 bits per heavy atom. The molecule has 2 aromatic rings. The van der Waals surface area contributed by atoms with Crippen LogP contribution in [0.4, 0.5) is 0 Å². The van der Waals surface area contributed by atoms with Crippen molar-refractivity contribution in [2.45, 2.75) is 33.2 Å². The molecule has 2 rings (SSSR count). The van der Waals surface area contributed by atoms with Gasteiger partial charge in [0.05, 0.1) is 11.7 Å². The maximum absolute atomic E-state index is 12.2. The Balaban J connectivity index is 2.13. The van der Waals surface area contributed by atoms with E-state index in [2.05, 4.69) is 14.9 Å². The van der Waals surface area contributed by atoms with Gasteiger partial charge in [-0.15, -0.1) is 5.10 Å². The van der Waals surface area contributed by atoms with Gasteiger partial charge >= 0.3 is 0 Å². The van der Waals surface area contributed by atoms with Crippen LogP contribution in [0.2, 0.25) is 0 Å². The molecular formula is C14H17N3OS. The van der Waals surface area contributed by atoms with Gasteiger partial charge < -0.3 is 5.32 Å². The third kappa shape index (κ3) is 2.98. The number of aromatic nitrogens is 2. The van der Waals surface area contributed by atoms with Crippen molar-refractivity contribution in [2.24, 2.45) is 0 Å². The zero-order valence-electron chi connectivity index (χ0n) is 11.3. The van der Waals surface area contributed by atoms with Crippen molar-refractivity contribution in [2.75, 3.05) is 0 Å². The summed E-state index contributed by atoms with van der Waals surface area (Å²) in [6.07, 6.45) is 0.720. The molecule has 0 radical (unpaired) electrons. The molecule has 0 saturated carbocycles. The highest BCUT2D eigenvalue weighted by atomic mass is 32.1. The average Bonchev–Trinajstić information content (AvgIpc) is 2.87. The van der Waals surface area contributed by atoms with Gasteiger partial charge in [-0.3, -0.25) is 4.79 Å². The molecule has 1 heterocycles. The summed E-state index contributed by atoms with van der Waals surface area (Å²) < 4.78 is 3.84. The summed E-state index contributed by atoms with van der Waals surface area (Å²) in [6.45, 7) is 6.00. The minimum atomic E-state index is -0.0948. The molecule has 0 bridgehead atoms. The van der Waals surface area contributed by atoms with Crippen molar-refractivity contribution in [3.63, 3.8) is 0 Å². The number of nitrogens with zero attached hydrogens (tertiary/aromatic N) is 2. The zero-order valence-corrected chi connectivity index (χ0v) is 12.1. The second-order valence-electron chi connectivity index (χ2n) is 4.45. The van der Waals surface area contributed by atoms with Crippen LogP contribution in [0.5, 0.6) is 0 Å². The molecule has 1 aromatic heterocycles. The third-order valence-corrected chi connectivity index (χ3v) is 3.87. The van der Waals surface area contributed by atoms with Crippen LogP contribution in [-0.4, -0.2) is 15.5 Å². The van der Waals surface area contributed by atoms with Crippen molar-refractivity contribution in [3.05, 3.63) is 46.0 Å². The monoisotopic (exact) mass is 275 g/mol. The number of benzene rings is 1. The fourth-order valence-corrected chi connectivity index (χ4v) is 2.68. The average molecular weight is 275 g/mol. The SMILES string of the molecule is CCc1nnsc1C(=O)N[C@H](C)c1ccccc1C. The number of carbonyl (C=O) groups is 1. The quantitative estimate of drug-likeness (QED) is 0.933. The smallest absolute Gasteiger partial charge is 0.265 e. The van der Waals surface area contributed by atoms with Gasteiger partial charge in [-0.1, -0.05) is 35.7 Å². The fourth-order valence-electron chi connectivity index (χ4n) is 2.02. The summed E-state index contributed by atoms with van der Waals surface area (Å²) in [5, 5.41) is 6.97. The number of amides is 1. The predicted octanol–water partition coefficient (Wildman–Crippen LogP) is 2.90. The summed E-state index contributed by atoms with van der Waals surface area (Å²) in [5.41, 5.74) is 3.07. The van der Waals surface area contributed by atoms with E-state index >= 15 is 0 Å². The molecule has 0 unspecified atom stereocenters. The van der Waals surface area contributed by atoms with E-state index in [-0.39, 0.29) is 11.9 Å². The molecule has 0 aliphatic heterocycles. The lowest BCUT2D eigenvalue weighted by Crippen LogP contribution is -2.27. The molecule has 5 heteroatoms. The van der Waals surface area contributed by atoms with Crippen molar-refractivity contribution < 1.29 is 4.79 Å². The van der Waals surface area contributed by atoms with Gasteiger partial charge in [0.1, 0.15) is 4.88 Å². The van der Waals surface area contributed by atoms with Crippen LogP contribution < -0.4 is 5.32 Å². The Bertz CT molecular complexity index is 580. The molecule has 4 nitrogen and oxygen atoms in total. The lowest BCUT2D eigenvalue weighted by Gasteiger charge is -2.16. The fraction of sp³-hybridized carbons (Fsp3) is 0.357. The molecule has 1 aromatic carbocycles. The highest BCUT2D eigenvalue weighted by Gasteiger charge is 2.18. The molecule has 1 N–H and O–H groups in total. The predicted molar refractivity (Wildman–Crippen MR) is 76.3 cm³/mol. The van der Waals surface area contributed by atoms with E-state index in [1.54, 1.807) is 0 Å². The topological polar surface area (TPSA) is 54.9 Å². The largest absolute Gasteiger partial charge is 0.345 e. The molecule has 100 valence electrons. The Morgan fingerprint density at radius 2 is 2.16 bits per heavy atom. The van der Waals surface area contributed by atoms with Gasteiger partial charge in [-0.2, -0.15) is 0 Å². The minimum absolute atomic E-state index is 0.0273. The Kier molecular flexibility index (Phi) is 4.27. The molecule has 0 fully saturated rings. The summed E-state index contributed by atoms with van der Waals surface area (Å²) >= 11 is 1.15. The molecule has 0 aliphatic rings. The number of carbonyl (C=O) groups excluding carboxylic acids is 1. The molecule has 1 atom stereocenters. The first-order valence-electron chi connectivity index (χ1n) is 6.31. The molecule has 0 saturated heterocycles. The standard InChI is InChI=1S/C14H17N3OS/c1-4-12-13(19-17-16-12)14(18)15-10(3)11-8-6-5-7-9(11)2/h5-8,10H,4H2,1-3H3,(H,15,18)/t10-/m1/s1. The lowest BCUT2D eigenvalue weighted by molar-refractivity contribution is 0.0943. The number of rotatable bonds is 4. The zero-order chi connectivity index (χ0) is 13.8. The second-order valence-corrected chi connectivity index (χ2v) is 5.21. The number of nitrogens with one attached hydrogen (secondary N) is 1. The molecule has 0 spiro atoms. The van der Waals surface area contributed by atoms with E-state index in [1.807, 2.05) is 45.0 Å². The van der Waals surface area contributed by atoms with Gasteiger partial charge in [0, 0.05) is 0 Å². The summed E-state index contributed by atoms with van der Waals surface area (Å²) in [5.74, 6) is -0.0948. The highest BCUT2D eigenvalue weighted by Crippen LogP contribution is 2.18. The molecular weight excluding hydrogens is 258 g/mol. The van der Waals surface area contributed by atoms with E-state index in [9.17, 15) is 4.79 Å². The van der Waals surface area contributed by atoms with Crippen molar-refractivity contribution in [3.8, 4) is 0 Å². The van der Waals surface area contributed by atoms with E-state index < -0.39 is 0 Å². The lowest BCUT2D eigenvalue weighted by atomic mass is 10.0. The maximum atomic E-state index is 12.2. The van der Waals surface area contributed by atoms with Gasteiger partial charge in [0.25, 0.3) is 5.91 Å². The first-order chi connectivity index (χ1) is 9.13. The normalized spacial score (nSPS) is 12.2. The van der Waals surface area contributed by atoms with Gasteiger partial charge in [-0.05, 0) is 42.9 Å². The first-order valence-corrected chi connectivity index (χ1v) is 7.08. The van der Waals surface area contributed by atoms with Crippen LogP contribution in [0.1, 0.15) is 46.4 Å². The molecule has 19 heavy (non-hydrogen) atoms. The van der Waals surface area contributed by atoms with Crippen molar-refractivity contribution >= 4 is 17.4 Å².